The van der Waals surface area contributed by atoms with Crippen molar-refractivity contribution in [2.75, 3.05) is 54.7 Å². The van der Waals surface area contributed by atoms with Crippen molar-refractivity contribution in [1.82, 2.24) is 10.6 Å². The molecule has 12 nitrogen and oxygen atoms in total. The van der Waals surface area contributed by atoms with Crippen LogP contribution in [-0.2, 0) is 19.1 Å². The first-order valence-corrected chi connectivity index (χ1v) is 10.7. The summed E-state index contributed by atoms with van der Waals surface area (Å²) in [6.45, 7) is -0.999. The molecule has 0 aliphatic rings. The fourth-order valence-electron chi connectivity index (χ4n) is 3.02. The Morgan fingerprint density at radius 3 is 1.17 bits per heavy atom. The van der Waals surface area contributed by atoms with Gasteiger partial charge in [-0.25, -0.2) is 9.59 Å². The fraction of sp³-hybridized carbons (Fsp3) is 0.333. The van der Waals surface area contributed by atoms with Gasteiger partial charge in [-0.3, -0.25) is 9.59 Å². The third-order valence-corrected chi connectivity index (χ3v) is 4.70. The number of amides is 2. The van der Waals surface area contributed by atoms with E-state index in [0.29, 0.717) is 0 Å². The van der Waals surface area contributed by atoms with E-state index in [2.05, 4.69) is 10.6 Å². The van der Waals surface area contributed by atoms with Gasteiger partial charge in [-0.1, -0.05) is 12.1 Å². The molecule has 2 aromatic rings. The van der Waals surface area contributed by atoms with E-state index in [1.54, 1.807) is 36.4 Å². The normalized spacial score (nSPS) is 10.0. The molecule has 0 spiro atoms. The van der Waals surface area contributed by atoms with E-state index in [1.807, 2.05) is 0 Å². The monoisotopic (exact) mass is 504 g/mol. The molecular formula is C24H28N2O10. The van der Waals surface area contributed by atoms with Crippen molar-refractivity contribution >= 4 is 23.8 Å². The third-order valence-electron chi connectivity index (χ3n) is 4.70. The Labute approximate surface area is 207 Å². The number of methoxy groups -OCH3 is 4. The Morgan fingerprint density at radius 1 is 0.583 bits per heavy atom. The lowest BCUT2D eigenvalue weighted by atomic mass is 10.2. The van der Waals surface area contributed by atoms with Gasteiger partial charge in [-0.05, 0) is 24.3 Å². The molecule has 2 aromatic carbocycles. The Morgan fingerprint density at radius 2 is 0.889 bits per heavy atom. The molecule has 0 aromatic heterocycles. The van der Waals surface area contributed by atoms with E-state index in [-0.39, 0.29) is 47.2 Å². The molecule has 0 saturated carbocycles. The number of hydrogen-bond donors (Lipinski definition) is 2. The summed E-state index contributed by atoms with van der Waals surface area (Å²) >= 11 is 0. The maximum atomic E-state index is 12.4. The lowest BCUT2D eigenvalue weighted by Gasteiger charge is -2.13. The quantitative estimate of drug-likeness (QED) is 0.299. The maximum Gasteiger partial charge on any atom is 0.346 e. The van der Waals surface area contributed by atoms with Crippen LogP contribution in [0.3, 0.4) is 0 Å². The molecule has 0 unspecified atom stereocenters. The number of benzene rings is 2. The number of nitrogens with one attached hydrogen (secondary N) is 2. The van der Waals surface area contributed by atoms with Crippen LogP contribution < -0.4 is 29.6 Å². The molecule has 0 fully saturated rings. The van der Waals surface area contributed by atoms with Gasteiger partial charge in [0.25, 0.3) is 11.8 Å². The van der Waals surface area contributed by atoms with Crippen LogP contribution in [0, 0.1) is 0 Å². The van der Waals surface area contributed by atoms with Gasteiger partial charge in [-0.2, -0.15) is 0 Å². The SMILES string of the molecule is COc1cccc(OC)c1C(=O)OCC(=O)NCCNC(=O)COC(=O)c1c(OC)cccc1OC. The van der Waals surface area contributed by atoms with Crippen molar-refractivity contribution in [2.24, 2.45) is 0 Å². The first-order valence-electron chi connectivity index (χ1n) is 10.7. The highest BCUT2D eigenvalue weighted by Crippen LogP contribution is 2.29. The highest BCUT2D eigenvalue weighted by molar-refractivity contribution is 5.97. The predicted molar refractivity (Wildman–Crippen MR) is 126 cm³/mol. The largest absolute Gasteiger partial charge is 0.496 e. The summed E-state index contributed by atoms with van der Waals surface area (Å²) in [5, 5.41) is 4.98. The minimum absolute atomic E-state index is 0.0500. The number of carbonyl (C=O) groups is 4. The Kier molecular flexibility index (Phi) is 10.8. The van der Waals surface area contributed by atoms with Gasteiger partial charge in [0.1, 0.15) is 34.1 Å². The minimum Gasteiger partial charge on any atom is -0.496 e. The molecule has 12 heteroatoms. The third kappa shape index (κ3) is 7.52. The van der Waals surface area contributed by atoms with Crippen LogP contribution >= 0.6 is 0 Å². The van der Waals surface area contributed by atoms with Crippen molar-refractivity contribution in [2.45, 2.75) is 0 Å². The fourth-order valence-corrected chi connectivity index (χ4v) is 3.02. The average molecular weight is 504 g/mol. The average Bonchev–Trinajstić information content (AvgIpc) is 2.91. The molecular weight excluding hydrogens is 476 g/mol. The Hall–Kier alpha value is -4.48. The van der Waals surface area contributed by atoms with Crippen molar-refractivity contribution in [3.8, 4) is 23.0 Å². The molecule has 36 heavy (non-hydrogen) atoms. The topological polar surface area (TPSA) is 148 Å². The molecule has 0 atom stereocenters. The van der Waals surface area contributed by atoms with Crippen molar-refractivity contribution in [3.63, 3.8) is 0 Å². The van der Waals surface area contributed by atoms with Crippen LogP contribution in [0.4, 0.5) is 0 Å². The van der Waals surface area contributed by atoms with Gasteiger partial charge in [0.05, 0.1) is 28.4 Å². The minimum atomic E-state index is -0.791. The summed E-state index contributed by atoms with van der Waals surface area (Å²) in [7, 11) is 5.57. The van der Waals surface area contributed by atoms with E-state index in [9.17, 15) is 19.2 Å². The van der Waals surface area contributed by atoms with Crippen molar-refractivity contribution in [1.29, 1.82) is 0 Å². The zero-order valence-corrected chi connectivity index (χ0v) is 20.4. The zero-order chi connectivity index (χ0) is 26.5. The van der Waals surface area contributed by atoms with Crippen LogP contribution in [0.15, 0.2) is 36.4 Å². The molecule has 2 N–H and O–H groups in total. The summed E-state index contributed by atoms with van der Waals surface area (Å²) in [5.74, 6) is -1.77. The second kappa shape index (κ2) is 14.0. The van der Waals surface area contributed by atoms with Crippen LogP contribution in [-0.4, -0.2) is 78.5 Å². The van der Waals surface area contributed by atoms with Gasteiger partial charge < -0.3 is 39.1 Å². The van der Waals surface area contributed by atoms with Gasteiger partial charge in [-0.15, -0.1) is 0 Å². The smallest absolute Gasteiger partial charge is 0.346 e. The van der Waals surface area contributed by atoms with Gasteiger partial charge in [0.15, 0.2) is 13.2 Å². The molecule has 194 valence electrons. The Balaban J connectivity index is 1.73. The summed E-state index contributed by atoms with van der Waals surface area (Å²) < 4.78 is 30.6. The van der Waals surface area contributed by atoms with Crippen molar-refractivity contribution in [3.05, 3.63) is 47.5 Å². The van der Waals surface area contributed by atoms with Gasteiger partial charge in [0.2, 0.25) is 0 Å². The first-order chi connectivity index (χ1) is 17.4. The van der Waals surface area contributed by atoms with E-state index in [0.717, 1.165) is 0 Å². The van der Waals surface area contributed by atoms with E-state index in [1.165, 1.54) is 28.4 Å². The zero-order valence-electron chi connectivity index (χ0n) is 20.4. The molecule has 0 radical (unpaired) electrons. The van der Waals surface area contributed by atoms with Crippen LogP contribution in [0.1, 0.15) is 20.7 Å². The second-order valence-electron chi connectivity index (χ2n) is 6.93. The summed E-state index contributed by atoms with van der Waals surface area (Å²) in [5.41, 5.74) is 0.116. The molecule has 0 aliphatic carbocycles. The van der Waals surface area contributed by atoms with E-state index >= 15 is 0 Å². The highest BCUT2D eigenvalue weighted by atomic mass is 16.5. The molecule has 0 aliphatic heterocycles. The summed E-state index contributed by atoms with van der Waals surface area (Å²) in [6, 6.07) is 9.54. The standard InChI is InChI=1S/C24H28N2O10/c1-31-15-7-5-8-16(32-2)21(15)23(29)35-13-19(27)25-11-12-26-20(28)14-36-24(30)22-17(33-3)9-6-10-18(22)34-4/h5-10H,11-14H2,1-4H3,(H,25,27)(H,26,28). The van der Waals surface area contributed by atoms with E-state index < -0.39 is 37.0 Å². The first kappa shape index (κ1) is 27.8. The lowest BCUT2D eigenvalue weighted by Crippen LogP contribution is -2.38. The van der Waals surface area contributed by atoms with E-state index in [4.69, 9.17) is 28.4 Å². The maximum absolute atomic E-state index is 12.4. The van der Waals surface area contributed by atoms with Crippen LogP contribution in [0.2, 0.25) is 0 Å². The van der Waals surface area contributed by atoms with Crippen LogP contribution in [0.5, 0.6) is 23.0 Å². The van der Waals surface area contributed by atoms with Gasteiger partial charge in [0, 0.05) is 13.1 Å². The summed E-state index contributed by atoms with van der Waals surface area (Å²) in [4.78, 5) is 48.7. The molecule has 0 bridgehead atoms. The number of ether oxygens (including phenoxy) is 6. The van der Waals surface area contributed by atoms with Crippen molar-refractivity contribution < 1.29 is 47.6 Å². The predicted octanol–water partition coefficient (Wildman–Crippen LogP) is 0.967. The summed E-state index contributed by atoms with van der Waals surface area (Å²) in [6.07, 6.45) is 0. The Bertz CT molecular complexity index is 957. The lowest BCUT2D eigenvalue weighted by molar-refractivity contribution is -0.125. The number of carbonyl (C=O) groups excluding carboxylic acids is 4. The molecule has 0 heterocycles. The molecule has 2 rings (SSSR count). The number of rotatable bonds is 13. The van der Waals surface area contributed by atoms with Crippen LogP contribution in [0.25, 0.3) is 0 Å². The number of hydrogen-bond acceptors (Lipinski definition) is 10. The highest BCUT2D eigenvalue weighted by Gasteiger charge is 2.22. The molecule has 0 saturated heterocycles. The number of esters is 2. The second-order valence-corrected chi connectivity index (χ2v) is 6.93. The van der Waals surface area contributed by atoms with Gasteiger partial charge >= 0.3 is 11.9 Å². The molecule has 2 amide bonds.